The van der Waals surface area contributed by atoms with Gasteiger partial charge < -0.3 is 4.74 Å². The van der Waals surface area contributed by atoms with Crippen molar-refractivity contribution in [1.29, 1.82) is 0 Å². The minimum atomic E-state index is -0.328. The van der Waals surface area contributed by atoms with Crippen LogP contribution < -0.4 is 4.74 Å². The van der Waals surface area contributed by atoms with Gasteiger partial charge in [-0.05, 0) is 41.1 Å². The van der Waals surface area contributed by atoms with Crippen molar-refractivity contribution in [3.63, 3.8) is 0 Å². The topological polar surface area (TPSA) is 22.1 Å². The molecule has 0 aliphatic rings. The molecule has 0 amide bonds. The second-order valence-corrected chi connectivity index (χ2v) is 4.87. The number of rotatable bonds is 3. The summed E-state index contributed by atoms with van der Waals surface area (Å²) in [5.41, 5.74) is 1.63. The normalized spacial score (nSPS) is 10.4. The van der Waals surface area contributed by atoms with Crippen molar-refractivity contribution in [3.8, 4) is 11.5 Å². The van der Waals surface area contributed by atoms with Gasteiger partial charge in [-0.15, -0.1) is 11.6 Å². The molecule has 2 nitrogen and oxygen atoms in total. The van der Waals surface area contributed by atoms with Gasteiger partial charge in [0.1, 0.15) is 17.3 Å². The van der Waals surface area contributed by atoms with E-state index in [1.165, 1.54) is 6.07 Å². The second-order valence-electron chi connectivity index (χ2n) is 3.75. The highest BCUT2D eigenvalue weighted by Crippen LogP contribution is 2.29. The molecule has 0 N–H and O–H groups in total. The van der Waals surface area contributed by atoms with Crippen LogP contribution in [0.3, 0.4) is 0 Å². The van der Waals surface area contributed by atoms with E-state index in [1.54, 1.807) is 24.4 Å². The molecule has 0 atom stereocenters. The smallest absolute Gasteiger partial charge is 0.137 e. The maximum absolute atomic E-state index is 13.1. The molecule has 0 bridgehead atoms. The number of pyridine rings is 1. The lowest BCUT2D eigenvalue weighted by Gasteiger charge is -2.10. The van der Waals surface area contributed by atoms with Gasteiger partial charge in [0.05, 0.1) is 10.4 Å². The molecule has 94 valence electrons. The second kappa shape index (κ2) is 5.67. The van der Waals surface area contributed by atoms with Gasteiger partial charge in [-0.2, -0.15) is 0 Å². The first-order chi connectivity index (χ1) is 8.60. The van der Waals surface area contributed by atoms with Crippen LogP contribution in [0, 0.1) is 12.7 Å². The molecule has 0 radical (unpaired) electrons. The number of benzene rings is 1. The summed E-state index contributed by atoms with van der Waals surface area (Å²) in [4.78, 5) is 4.15. The average molecular weight is 331 g/mol. The first-order valence-electron chi connectivity index (χ1n) is 5.24. The van der Waals surface area contributed by atoms with E-state index in [4.69, 9.17) is 16.3 Å². The monoisotopic (exact) mass is 329 g/mol. The van der Waals surface area contributed by atoms with Crippen LogP contribution in [-0.4, -0.2) is 4.98 Å². The van der Waals surface area contributed by atoms with Gasteiger partial charge in [0.2, 0.25) is 0 Å². The third kappa shape index (κ3) is 3.00. The van der Waals surface area contributed by atoms with Crippen molar-refractivity contribution in [2.45, 2.75) is 12.8 Å². The molecular weight excluding hydrogens is 321 g/mol. The minimum Gasteiger partial charge on any atom is -0.457 e. The summed E-state index contributed by atoms with van der Waals surface area (Å²) in [7, 11) is 0. The summed E-state index contributed by atoms with van der Waals surface area (Å²) >= 11 is 8.93. The zero-order valence-corrected chi connectivity index (χ0v) is 11.9. The number of halogens is 3. The number of hydrogen-bond acceptors (Lipinski definition) is 2. The minimum absolute atomic E-state index is 0.310. The lowest BCUT2D eigenvalue weighted by atomic mass is 10.2. The Morgan fingerprint density at radius 2 is 2.17 bits per heavy atom. The maximum Gasteiger partial charge on any atom is 0.137 e. The van der Waals surface area contributed by atoms with E-state index in [0.29, 0.717) is 21.9 Å². The Bertz CT molecular complexity index is 577. The first-order valence-corrected chi connectivity index (χ1v) is 6.57. The quantitative estimate of drug-likeness (QED) is 0.753. The Hall–Kier alpha value is -1.13. The lowest BCUT2D eigenvalue weighted by Crippen LogP contribution is -1.93. The number of aryl methyl sites for hydroxylation is 1. The van der Waals surface area contributed by atoms with Crippen LogP contribution in [0.1, 0.15) is 11.3 Å². The lowest BCUT2D eigenvalue weighted by molar-refractivity contribution is 0.474. The van der Waals surface area contributed by atoms with Gasteiger partial charge in [-0.3, -0.25) is 4.98 Å². The van der Waals surface area contributed by atoms with Gasteiger partial charge in [-0.25, -0.2) is 4.39 Å². The number of alkyl halides is 1. The zero-order valence-electron chi connectivity index (χ0n) is 9.58. The van der Waals surface area contributed by atoms with Crippen molar-refractivity contribution in [3.05, 3.63) is 52.0 Å². The fourth-order valence-electron chi connectivity index (χ4n) is 1.43. The molecule has 0 aliphatic carbocycles. The number of hydrogen-bond donors (Lipinski definition) is 0. The molecule has 18 heavy (non-hydrogen) atoms. The van der Waals surface area contributed by atoms with E-state index < -0.39 is 0 Å². The number of nitrogens with zero attached hydrogens (tertiary/aromatic N) is 1. The molecule has 1 aromatic heterocycles. The van der Waals surface area contributed by atoms with Crippen molar-refractivity contribution in [2.75, 3.05) is 0 Å². The van der Waals surface area contributed by atoms with Gasteiger partial charge in [0.25, 0.3) is 0 Å². The number of ether oxygens (including phenoxy) is 1. The molecule has 0 aliphatic heterocycles. The Kier molecular flexibility index (Phi) is 4.19. The fourth-order valence-corrected chi connectivity index (χ4v) is 1.98. The van der Waals surface area contributed by atoms with Crippen molar-refractivity contribution in [1.82, 2.24) is 4.98 Å². The Balaban J connectivity index is 2.33. The molecule has 0 fully saturated rings. The van der Waals surface area contributed by atoms with Crippen LogP contribution in [0.4, 0.5) is 4.39 Å². The third-order valence-electron chi connectivity index (χ3n) is 2.34. The van der Waals surface area contributed by atoms with Gasteiger partial charge >= 0.3 is 0 Å². The highest BCUT2D eigenvalue weighted by molar-refractivity contribution is 9.10. The Morgan fingerprint density at radius 1 is 1.39 bits per heavy atom. The molecule has 2 aromatic rings. The molecule has 1 heterocycles. The molecule has 1 aromatic carbocycles. The van der Waals surface area contributed by atoms with E-state index >= 15 is 0 Å². The fraction of sp³-hybridized carbons (Fsp3) is 0.154. The van der Waals surface area contributed by atoms with Gasteiger partial charge in [-0.1, -0.05) is 0 Å². The van der Waals surface area contributed by atoms with Crippen molar-refractivity contribution < 1.29 is 9.13 Å². The summed E-state index contributed by atoms with van der Waals surface area (Å²) in [6.45, 7) is 1.87. The SMILES string of the molecule is Cc1cc(Oc2ccc(F)c(Br)c2)c(CCl)cn1. The van der Waals surface area contributed by atoms with Crippen LogP contribution >= 0.6 is 27.5 Å². The molecule has 0 spiro atoms. The highest BCUT2D eigenvalue weighted by Gasteiger charge is 2.07. The molecule has 5 heteroatoms. The summed E-state index contributed by atoms with van der Waals surface area (Å²) in [5, 5.41) is 0. The predicted octanol–water partition coefficient (Wildman–Crippen LogP) is 4.82. The van der Waals surface area contributed by atoms with Gasteiger partial charge in [0.15, 0.2) is 0 Å². The molecule has 0 saturated heterocycles. The summed E-state index contributed by atoms with van der Waals surface area (Å²) in [5.74, 6) is 1.16. The molecule has 2 rings (SSSR count). The predicted molar refractivity (Wildman–Crippen MR) is 72.7 cm³/mol. The standard InChI is InChI=1S/C13H10BrClFNO/c1-8-4-13(9(6-15)7-17-8)18-10-2-3-12(16)11(14)5-10/h2-5,7H,6H2,1H3. The van der Waals surface area contributed by atoms with Crippen LogP contribution in [-0.2, 0) is 5.88 Å². The number of aromatic nitrogens is 1. The zero-order chi connectivity index (χ0) is 13.1. The van der Waals surface area contributed by atoms with Crippen LogP contribution in [0.2, 0.25) is 0 Å². The van der Waals surface area contributed by atoms with E-state index in [-0.39, 0.29) is 5.82 Å². The summed E-state index contributed by atoms with van der Waals surface area (Å²) < 4.78 is 19.2. The summed E-state index contributed by atoms with van der Waals surface area (Å²) in [6, 6.07) is 6.28. The van der Waals surface area contributed by atoms with Crippen molar-refractivity contribution >= 4 is 27.5 Å². The van der Waals surface area contributed by atoms with Crippen LogP contribution in [0.25, 0.3) is 0 Å². The van der Waals surface area contributed by atoms with E-state index in [2.05, 4.69) is 20.9 Å². The molecular formula is C13H10BrClFNO. The van der Waals surface area contributed by atoms with Crippen LogP contribution in [0.5, 0.6) is 11.5 Å². The van der Waals surface area contributed by atoms with Gasteiger partial charge in [0, 0.05) is 23.5 Å². The van der Waals surface area contributed by atoms with E-state index in [1.807, 2.05) is 6.92 Å². The van der Waals surface area contributed by atoms with E-state index in [0.717, 1.165) is 11.3 Å². The first kappa shape index (κ1) is 13.3. The summed E-state index contributed by atoms with van der Waals surface area (Å²) in [6.07, 6.45) is 1.68. The third-order valence-corrected chi connectivity index (χ3v) is 3.24. The average Bonchev–Trinajstić information content (AvgIpc) is 2.34. The van der Waals surface area contributed by atoms with Crippen LogP contribution in [0.15, 0.2) is 34.9 Å². The largest absolute Gasteiger partial charge is 0.457 e. The Morgan fingerprint density at radius 3 is 2.83 bits per heavy atom. The maximum atomic E-state index is 13.1. The highest BCUT2D eigenvalue weighted by atomic mass is 79.9. The van der Waals surface area contributed by atoms with Crippen molar-refractivity contribution in [2.24, 2.45) is 0 Å². The molecule has 0 saturated carbocycles. The van der Waals surface area contributed by atoms with E-state index in [9.17, 15) is 4.39 Å². The molecule has 0 unspecified atom stereocenters. The Labute approximate surface area is 118 Å².